The van der Waals surface area contributed by atoms with Crippen LogP contribution in [0.4, 0.5) is 5.69 Å². The lowest BCUT2D eigenvalue weighted by molar-refractivity contribution is 0.808. The number of aromatic nitrogens is 3. The van der Waals surface area contributed by atoms with Gasteiger partial charge in [-0.05, 0) is 36.2 Å². The molecule has 1 heterocycles. The van der Waals surface area contributed by atoms with Gasteiger partial charge in [-0.2, -0.15) is 0 Å². The Hall–Kier alpha value is -2.62. The van der Waals surface area contributed by atoms with E-state index in [4.69, 9.17) is 5.73 Å². The second-order valence-corrected chi connectivity index (χ2v) is 4.67. The number of aryl methyl sites for hydroxylation is 1. The molecule has 0 spiro atoms. The Balaban J connectivity index is 2.02. The lowest BCUT2D eigenvalue weighted by atomic mass is 10.1. The van der Waals surface area contributed by atoms with Gasteiger partial charge < -0.3 is 5.73 Å². The summed E-state index contributed by atoms with van der Waals surface area (Å²) in [6.45, 7) is 2.15. The molecule has 4 nitrogen and oxygen atoms in total. The molecule has 3 aromatic rings. The van der Waals surface area contributed by atoms with Crippen molar-refractivity contribution in [2.45, 2.75) is 13.3 Å². The molecule has 0 aliphatic rings. The maximum Gasteiger partial charge on any atom is 0.0944 e. The number of hydrogen-bond donors (Lipinski definition) is 1. The van der Waals surface area contributed by atoms with Gasteiger partial charge in [0, 0.05) is 11.3 Å². The lowest BCUT2D eigenvalue weighted by Gasteiger charge is -2.07. The number of benzene rings is 2. The standard InChI is InChI=1S/C16H16N4/c1-2-12-3-5-13(6-4-12)16-11-18-19-20(16)15-9-7-14(17)8-10-15/h3-11H,2,17H2,1H3. The van der Waals surface area contributed by atoms with E-state index in [1.54, 1.807) is 6.20 Å². The van der Waals surface area contributed by atoms with Crippen LogP contribution in [0.1, 0.15) is 12.5 Å². The van der Waals surface area contributed by atoms with Gasteiger partial charge in [0.2, 0.25) is 0 Å². The summed E-state index contributed by atoms with van der Waals surface area (Å²) in [5, 5.41) is 8.18. The van der Waals surface area contributed by atoms with Crippen LogP contribution in [0.25, 0.3) is 16.9 Å². The zero-order valence-corrected chi connectivity index (χ0v) is 11.3. The van der Waals surface area contributed by atoms with Gasteiger partial charge in [0.05, 0.1) is 17.6 Å². The number of rotatable bonds is 3. The highest BCUT2D eigenvalue weighted by atomic mass is 15.4. The molecule has 20 heavy (non-hydrogen) atoms. The number of nitrogen functional groups attached to an aromatic ring is 1. The van der Waals surface area contributed by atoms with Crippen LogP contribution in [0.5, 0.6) is 0 Å². The van der Waals surface area contributed by atoms with E-state index in [2.05, 4.69) is 41.5 Å². The maximum absolute atomic E-state index is 5.72. The van der Waals surface area contributed by atoms with E-state index in [1.807, 2.05) is 28.9 Å². The van der Waals surface area contributed by atoms with Crippen LogP contribution < -0.4 is 5.73 Å². The van der Waals surface area contributed by atoms with Crippen LogP contribution in [0.15, 0.2) is 54.7 Å². The fraction of sp³-hybridized carbons (Fsp3) is 0.125. The number of nitrogens with two attached hydrogens (primary N) is 1. The molecule has 0 bridgehead atoms. The van der Waals surface area contributed by atoms with Gasteiger partial charge in [-0.1, -0.05) is 36.4 Å². The van der Waals surface area contributed by atoms with Crippen LogP contribution >= 0.6 is 0 Å². The normalized spacial score (nSPS) is 10.7. The van der Waals surface area contributed by atoms with E-state index in [-0.39, 0.29) is 0 Å². The van der Waals surface area contributed by atoms with Gasteiger partial charge in [-0.15, -0.1) is 5.10 Å². The van der Waals surface area contributed by atoms with Crippen LogP contribution in [-0.2, 0) is 6.42 Å². The smallest absolute Gasteiger partial charge is 0.0944 e. The molecule has 2 aromatic carbocycles. The van der Waals surface area contributed by atoms with Crippen molar-refractivity contribution in [1.29, 1.82) is 0 Å². The summed E-state index contributed by atoms with van der Waals surface area (Å²) < 4.78 is 1.82. The molecular formula is C16H16N4. The van der Waals surface area contributed by atoms with Gasteiger partial charge >= 0.3 is 0 Å². The van der Waals surface area contributed by atoms with Crippen LogP contribution in [0, 0.1) is 0 Å². The first-order valence-electron chi connectivity index (χ1n) is 6.64. The molecule has 0 aliphatic carbocycles. The molecule has 0 radical (unpaired) electrons. The zero-order valence-electron chi connectivity index (χ0n) is 11.3. The molecule has 0 unspecified atom stereocenters. The zero-order chi connectivity index (χ0) is 13.9. The SMILES string of the molecule is CCc1ccc(-c2cnnn2-c2ccc(N)cc2)cc1. The van der Waals surface area contributed by atoms with E-state index < -0.39 is 0 Å². The number of nitrogens with zero attached hydrogens (tertiary/aromatic N) is 3. The Bertz CT molecular complexity index is 696. The fourth-order valence-electron chi connectivity index (χ4n) is 2.15. The van der Waals surface area contributed by atoms with Crippen molar-refractivity contribution >= 4 is 5.69 Å². The first-order chi connectivity index (χ1) is 9.78. The average molecular weight is 264 g/mol. The van der Waals surface area contributed by atoms with E-state index in [0.717, 1.165) is 29.1 Å². The topological polar surface area (TPSA) is 56.7 Å². The molecule has 100 valence electrons. The minimum Gasteiger partial charge on any atom is -0.399 e. The molecular weight excluding hydrogens is 248 g/mol. The number of anilines is 1. The van der Waals surface area contributed by atoms with Gasteiger partial charge in [0.15, 0.2) is 0 Å². The minimum atomic E-state index is 0.739. The fourth-order valence-corrected chi connectivity index (χ4v) is 2.15. The Labute approximate surface area is 117 Å². The predicted octanol–water partition coefficient (Wildman–Crippen LogP) is 3.08. The highest BCUT2D eigenvalue weighted by Gasteiger charge is 2.08. The second kappa shape index (κ2) is 5.17. The maximum atomic E-state index is 5.72. The van der Waals surface area contributed by atoms with Gasteiger partial charge in [-0.3, -0.25) is 0 Å². The third kappa shape index (κ3) is 2.28. The van der Waals surface area contributed by atoms with Crippen molar-refractivity contribution in [2.24, 2.45) is 0 Å². The molecule has 0 atom stereocenters. The molecule has 0 fully saturated rings. The van der Waals surface area contributed by atoms with Gasteiger partial charge in [0.1, 0.15) is 0 Å². The Morgan fingerprint density at radius 2 is 1.70 bits per heavy atom. The molecule has 2 N–H and O–H groups in total. The Morgan fingerprint density at radius 3 is 2.35 bits per heavy atom. The number of hydrogen-bond acceptors (Lipinski definition) is 3. The molecule has 1 aromatic heterocycles. The third-order valence-corrected chi connectivity index (χ3v) is 3.34. The summed E-state index contributed by atoms with van der Waals surface area (Å²) in [6, 6.07) is 16.1. The van der Waals surface area contributed by atoms with E-state index >= 15 is 0 Å². The van der Waals surface area contributed by atoms with E-state index in [1.165, 1.54) is 5.56 Å². The van der Waals surface area contributed by atoms with Gasteiger partial charge in [-0.25, -0.2) is 4.68 Å². The molecule has 0 saturated carbocycles. The van der Waals surface area contributed by atoms with Crippen LogP contribution in [-0.4, -0.2) is 15.0 Å². The molecule has 0 aliphatic heterocycles. The monoisotopic (exact) mass is 264 g/mol. The van der Waals surface area contributed by atoms with Crippen molar-refractivity contribution in [1.82, 2.24) is 15.0 Å². The first-order valence-corrected chi connectivity index (χ1v) is 6.64. The van der Waals surface area contributed by atoms with E-state index in [9.17, 15) is 0 Å². The van der Waals surface area contributed by atoms with Crippen LogP contribution in [0.2, 0.25) is 0 Å². The quantitative estimate of drug-likeness (QED) is 0.740. The van der Waals surface area contributed by atoms with Crippen molar-refractivity contribution in [3.05, 3.63) is 60.3 Å². The molecule has 0 saturated heterocycles. The summed E-state index contributed by atoms with van der Waals surface area (Å²) in [7, 11) is 0. The molecule has 0 amide bonds. The third-order valence-electron chi connectivity index (χ3n) is 3.34. The minimum absolute atomic E-state index is 0.739. The summed E-state index contributed by atoms with van der Waals surface area (Å²) in [5.74, 6) is 0. The Kier molecular flexibility index (Phi) is 3.21. The largest absolute Gasteiger partial charge is 0.399 e. The first kappa shape index (κ1) is 12.4. The van der Waals surface area contributed by atoms with Crippen molar-refractivity contribution in [3.8, 4) is 16.9 Å². The highest BCUT2D eigenvalue weighted by molar-refractivity contribution is 5.61. The van der Waals surface area contributed by atoms with Crippen molar-refractivity contribution < 1.29 is 0 Å². The summed E-state index contributed by atoms with van der Waals surface area (Å²) in [4.78, 5) is 0. The lowest BCUT2D eigenvalue weighted by Crippen LogP contribution is -1.99. The average Bonchev–Trinajstić information content (AvgIpc) is 2.97. The summed E-state index contributed by atoms with van der Waals surface area (Å²) in [6.07, 6.45) is 2.81. The van der Waals surface area contributed by atoms with Crippen LogP contribution in [0.3, 0.4) is 0 Å². The summed E-state index contributed by atoms with van der Waals surface area (Å²) in [5.41, 5.74) is 10.8. The predicted molar refractivity (Wildman–Crippen MR) is 80.6 cm³/mol. The summed E-state index contributed by atoms with van der Waals surface area (Å²) >= 11 is 0. The van der Waals surface area contributed by atoms with Crippen molar-refractivity contribution in [2.75, 3.05) is 5.73 Å². The molecule has 3 rings (SSSR count). The van der Waals surface area contributed by atoms with E-state index in [0.29, 0.717) is 0 Å². The van der Waals surface area contributed by atoms with Crippen molar-refractivity contribution in [3.63, 3.8) is 0 Å². The molecule has 4 heteroatoms. The van der Waals surface area contributed by atoms with Gasteiger partial charge in [0.25, 0.3) is 0 Å². The second-order valence-electron chi connectivity index (χ2n) is 4.67. The Morgan fingerprint density at radius 1 is 1.00 bits per heavy atom. The highest BCUT2D eigenvalue weighted by Crippen LogP contribution is 2.22.